The predicted octanol–water partition coefficient (Wildman–Crippen LogP) is 1.79. The quantitative estimate of drug-likeness (QED) is 0.751. The van der Waals surface area contributed by atoms with Gasteiger partial charge in [0.1, 0.15) is 0 Å². The summed E-state index contributed by atoms with van der Waals surface area (Å²) in [5, 5.41) is 8.94. The molecule has 16 heavy (non-hydrogen) atoms. The zero-order valence-electron chi connectivity index (χ0n) is 10.2. The number of hydrogen-bond acceptors (Lipinski definition) is 3. The van der Waals surface area contributed by atoms with Crippen molar-refractivity contribution < 1.29 is 9.84 Å². The standard InChI is InChI=1S/C13H25NO2/c15-9-4-8-14(12-5-3-6-12)11-13-7-1-2-10-16-13/h12-13,15H,1-11H2. The van der Waals surface area contributed by atoms with Gasteiger partial charge in [-0.2, -0.15) is 0 Å². The fourth-order valence-corrected chi connectivity index (χ4v) is 2.66. The molecular weight excluding hydrogens is 202 g/mol. The van der Waals surface area contributed by atoms with Crippen molar-refractivity contribution in [1.29, 1.82) is 0 Å². The van der Waals surface area contributed by atoms with Crippen LogP contribution in [0.4, 0.5) is 0 Å². The van der Waals surface area contributed by atoms with E-state index in [2.05, 4.69) is 4.90 Å². The van der Waals surface area contributed by atoms with E-state index in [0.29, 0.717) is 12.7 Å². The number of aliphatic hydroxyl groups is 1. The van der Waals surface area contributed by atoms with E-state index in [1.54, 1.807) is 0 Å². The Hall–Kier alpha value is -0.120. The second kappa shape index (κ2) is 6.58. The van der Waals surface area contributed by atoms with Crippen molar-refractivity contribution in [2.24, 2.45) is 0 Å². The first-order valence-electron chi connectivity index (χ1n) is 6.86. The van der Waals surface area contributed by atoms with Crippen molar-refractivity contribution in [2.75, 3.05) is 26.3 Å². The highest BCUT2D eigenvalue weighted by Crippen LogP contribution is 2.26. The first-order chi connectivity index (χ1) is 7.90. The van der Waals surface area contributed by atoms with Crippen LogP contribution < -0.4 is 0 Å². The minimum atomic E-state index is 0.314. The minimum absolute atomic E-state index is 0.314. The van der Waals surface area contributed by atoms with Crippen LogP contribution in [-0.2, 0) is 4.74 Å². The van der Waals surface area contributed by atoms with E-state index >= 15 is 0 Å². The maximum Gasteiger partial charge on any atom is 0.0702 e. The van der Waals surface area contributed by atoms with Crippen LogP contribution in [0.5, 0.6) is 0 Å². The fourth-order valence-electron chi connectivity index (χ4n) is 2.66. The third-order valence-electron chi connectivity index (χ3n) is 3.91. The van der Waals surface area contributed by atoms with Crippen LogP contribution in [0.3, 0.4) is 0 Å². The highest BCUT2D eigenvalue weighted by molar-refractivity contribution is 4.82. The molecule has 3 nitrogen and oxygen atoms in total. The number of hydrogen-bond donors (Lipinski definition) is 1. The van der Waals surface area contributed by atoms with Gasteiger partial charge in [-0.3, -0.25) is 4.90 Å². The van der Waals surface area contributed by atoms with Gasteiger partial charge in [0.25, 0.3) is 0 Å². The second-order valence-electron chi connectivity index (χ2n) is 5.15. The lowest BCUT2D eigenvalue weighted by molar-refractivity contribution is -0.0228. The SMILES string of the molecule is OCCCN(CC1CCCCO1)C1CCC1. The molecule has 2 aliphatic rings. The lowest BCUT2D eigenvalue weighted by Gasteiger charge is -2.40. The van der Waals surface area contributed by atoms with Gasteiger partial charge in [-0.15, -0.1) is 0 Å². The molecule has 2 fully saturated rings. The van der Waals surface area contributed by atoms with E-state index < -0.39 is 0 Å². The first-order valence-corrected chi connectivity index (χ1v) is 6.86. The Morgan fingerprint density at radius 2 is 2.00 bits per heavy atom. The van der Waals surface area contributed by atoms with Gasteiger partial charge in [0.2, 0.25) is 0 Å². The summed E-state index contributed by atoms with van der Waals surface area (Å²) in [5.41, 5.74) is 0. The summed E-state index contributed by atoms with van der Waals surface area (Å²) in [6.07, 6.45) is 9.21. The molecule has 0 aromatic carbocycles. The molecule has 0 aromatic rings. The minimum Gasteiger partial charge on any atom is -0.396 e. The van der Waals surface area contributed by atoms with E-state index in [1.165, 1.54) is 38.5 Å². The Morgan fingerprint density at radius 1 is 1.12 bits per heavy atom. The Labute approximate surface area is 98.8 Å². The molecule has 1 aliphatic carbocycles. The van der Waals surface area contributed by atoms with Crippen LogP contribution in [-0.4, -0.2) is 48.5 Å². The van der Waals surface area contributed by atoms with Gasteiger partial charge < -0.3 is 9.84 Å². The van der Waals surface area contributed by atoms with Gasteiger partial charge >= 0.3 is 0 Å². The van der Waals surface area contributed by atoms with E-state index in [4.69, 9.17) is 9.84 Å². The lowest BCUT2D eigenvalue weighted by Crippen LogP contribution is -2.46. The summed E-state index contributed by atoms with van der Waals surface area (Å²) in [4.78, 5) is 2.55. The zero-order chi connectivity index (χ0) is 11.2. The van der Waals surface area contributed by atoms with Crippen molar-refractivity contribution in [1.82, 2.24) is 4.90 Å². The molecule has 3 heteroatoms. The molecule has 1 unspecified atom stereocenters. The molecule has 1 heterocycles. The van der Waals surface area contributed by atoms with Gasteiger partial charge in [0.05, 0.1) is 6.10 Å². The molecule has 1 atom stereocenters. The summed E-state index contributed by atoms with van der Waals surface area (Å²) in [5.74, 6) is 0. The Morgan fingerprint density at radius 3 is 2.56 bits per heavy atom. The first kappa shape index (κ1) is 12.3. The topological polar surface area (TPSA) is 32.7 Å². The smallest absolute Gasteiger partial charge is 0.0702 e. The Balaban J connectivity index is 1.75. The maximum absolute atomic E-state index is 8.94. The van der Waals surface area contributed by atoms with E-state index in [0.717, 1.165) is 32.2 Å². The van der Waals surface area contributed by atoms with Crippen LogP contribution in [0.15, 0.2) is 0 Å². The largest absolute Gasteiger partial charge is 0.396 e. The molecular formula is C13H25NO2. The second-order valence-corrected chi connectivity index (χ2v) is 5.15. The highest BCUT2D eigenvalue weighted by atomic mass is 16.5. The molecule has 94 valence electrons. The summed E-state index contributed by atoms with van der Waals surface area (Å²) in [6, 6.07) is 0.775. The molecule has 0 radical (unpaired) electrons. The van der Waals surface area contributed by atoms with Crippen molar-refractivity contribution >= 4 is 0 Å². The molecule has 0 spiro atoms. The van der Waals surface area contributed by atoms with Crippen LogP contribution in [0.2, 0.25) is 0 Å². The molecule has 0 bridgehead atoms. The van der Waals surface area contributed by atoms with E-state index in [9.17, 15) is 0 Å². The fraction of sp³-hybridized carbons (Fsp3) is 1.00. The van der Waals surface area contributed by atoms with Gasteiger partial charge in [-0.1, -0.05) is 6.42 Å². The Bertz CT molecular complexity index is 188. The van der Waals surface area contributed by atoms with Gasteiger partial charge in [0, 0.05) is 32.3 Å². The van der Waals surface area contributed by atoms with Crippen LogP contribution in [0.25, 0.3) is 0 Å². The maximum atomic E-state index is 8.94. The summed E-state index contributed by atoms with van der Waals surface area (Å²) in [7, 11) is 0. The number of rotatable bonds is 6. The third-order valence-corrected chi connectivity index (χ3v) is 3.91. The van der Waals surface area contributed by atoms with Crippen molar-refractivity contribution in [2.45, 2.75) is 57.1 Å². The molecule has 0 aromatic heterocycles. The van der Waals surface area contributed by atoms with Crippen molar-refractivity contribution in [3.05, 3.63) is 0 Å². The summed E-state index contributed by atoms with van der Waals surface area (Å²) >= 11 is 0. The average Bonchev–Trinajstić information content (AvgIpc) is 2.25. The zero-order valence-corrected chi connectivity index (χ0v) is 10.2. The average molecular weight is 227 g/mol. The number of aliphatic hydroxyl groups excluding tert-OH is 1. The van der Waals surface area contributed by atoms with Crippen LogP contribution in [0, 0.1) is 0 Å². The van der Waals surface area contributed by atoms with Crippen molar-refractivity contribution in [3.63, 3.8) is 0 Å². The summed E-state index contributed by atoms with van der Waals surface area (Å²) < 4.78 is 5.80. The molecule has 1 saturated heterocycles. The monoisotopic (exact) mass is 227 g/mol. The van der Waals surface area contributed by atoms with Crippen molar-refractivity contribution in [3.8, 4) is 0 Å². The number of nitrogens with zero attached hydrogens (tertiary/aromatic N) is 1. The van der Waals surface area contributed by atoms with Gasteiger partial charge in [0.15, 0.2) is 0 Å². The van der Waals surface area contributed by atoms with E-state index in [-0.39, 0.29) is 0 Å². The molecule has 2 rings (SSSR count). The Kier molecular flexibility index (Phi) is 5.07. The molecule has 1 saturated carbocycles. The van der Waals surface area contributed by atoms with Crippen LogP contribution >= 0.6 is 0 Å². The molecule has 1 aliphatic heterocycles. The van der Waals surface area contributed by atoms with Crippen LogP contribution in [0.1, 0.15) is 44.9 Å². The summed E-state index contributed by atoms with van der Waals surface area (Å²) in [6.45, 7) is 3.39. The normalized spacial score (nSPS) is 27.0. The molecule has 0 amide bonds. The predicted molar refractivity (Wildman–Crippen MR) is 64.5 cm³/mol. The third kappa shape index (κ3) is 3.44. The number of ether oxygens (including phenoxy) is 1. The lowest BCUT2D eigenvalue weighted by atomic mass is 9.90. The van der Waals surface area contributed by atoms with E-state index in [1.807, 2.05) is 0 Å². The highest BCUT2D eigenvalue weighted by Gasteiger charge is 2.27. The van der Waals surface area contributed by atoms with Gasteiger partial charge in [-0.25, -0.2) is 0 Å². The van der Waals surface area contributed by atoms with Gasteiger partial charge in [-0.05, 0) is 38.5 Å². The molecule has 1 N–H and O–H groups in total.